The van der Waals surface area contributed by atoms with E-state index in [-0.39, 0.29) is 18.0 Å². The monoisotopic (exact) mass is 754 g/mol. The molecule has 1 heterocycles. The standard InChI is InChI=1S/C33H52Br2N6O4/c1-2-3-4-5-6-7-8-9-10-11-12-13-14-16-30(42)37-18-15-20-45-31-27(34)21-25(22-28(31)35)23-29(41-44)32(43)38-19-17-26-24-39-33(36)40-26/h21-22,24,44H,2-20,23H2,1H3,(H,37,42)(H,38,43)(H3,36,39,40). The first kappa shape index (κ1) is 38.6. The Hall–Kier alpha value is -2.60. The van der Waals surface area contributed by atoms with Crippen LogP contribution in [0.5, 0.6) is 5.75 Å². The zero-order chi connectivity index (χ0) is 32.7. The molecule has 45 heavy (non-hydrogen) atoms. The van der Waals surface area contributed by atoms with Crippen LogP contribution in [-0.2, 0) is 22.4 Å². The minimum atomic E-state index is -0.464. The summed E-state index contributed by atoms with van der Waals surface area (Å²) in [7, 11) is 0. The van der Waals surface area contributed by atoms with Crippen LogP contribution in [0.15, 0.2) is 32.4 Å². The van der Waals surface area contributed by atoms with Gasteiger partial charge < -0.3 is 31.3 Å². The number of hydrogen-bond donors (Lipinski definition) is 5. The molecule has 0 aliphatic heterocycles. The first-order valence-corrected chi connectivity index (χ1v) is 18.1. The fourth-order valence-electron chi connectivity index (χ4n) is 4.99. The van der Waals surface area contributed by atoms with Gasteiger partial charge in [0.05, 0.1) is 21.7 Å². The molecule has 10 nitrogen and oxygen atoms in total. The van der Waals surface area contributed by atoms with E-state index < -0.39 is 5.91 Å². The van der Waals surface area contributed by atoms with Crippen molar-refractivity contribution in [2.45, 2.75) is 116 Å². The molecule has 2 amide bonds. The molecule has 0 aliphatic carbocycles. The van der Waals surface area contributed by atoms with Gasteiger partial charge in [0.15, 0.2) is 5.95 Å². The van der Waals surface area contributed by atoms with Gasteiger partial charge in [0.1, 0.15) is 11.5 Å². The minimum absolute atomic E-state index is 0.0128. The van der Waals surface area contributed by atoms with Crippen LogP contribution in [0.1, 0.15) is 114 Å². The second-order valence-corrected chi connectivity index (χ2v) is 13.2. The number of nitrogens with two attached hydrogens (primary N) is 1. The predicted octanol–water partition coefficient (Wildman–Crippen LogP) is 7.61. The molecule has 1 aromatic heterocycles. The highest BCUT2D eigenvalue weighted by Crippen LogP contribution is 2.35. The Morgan fingerprint density at radius 1 is 0.911 bits per heavy atom. The molecule has 1 aromatic carbocycles. The average molecular weight is 757 g/mol. The number of oxime groups is 1. The summed E-state index contributed by atoms with van der Waals surface area (Å²) in [6, 6.07) is 3.65. The second-order valence-electron chi connectivity index (χ2n) is 11.5. The fraction of sp³-hybridized carbons (Fsp3) is 0.636. The minimum Gasteiger partial charge on any atom is -0.491 e. The van der Waals surface area contributed by atoms with E-state index >= 15 is 0 Å². The number of nitrogens with one attached hydrogen (secondary N) is 3. The largest absolute Gasteiger partial charge is 0.491 e. The zero-order valence-corrected chi connectivity index (χ0v) is 29.9. The Morgan fingerprint density at radius 2 is 1.51 bits per heavy atom. The third kappa shape index (κ3) is 17.0. The van der Waals surface area contributed by atoms with Gasteiger partial charge in [-0.2, -0.15) is 0 Å². The van der Waals surface area contributed by atoms with Crippen LogP contribution in [0.3, 0.4) is 0 Å². The molecule has 0 unspecified atom stereocenters. The molecular weight excluding hydrogens is 704 g/mol. The van der Waals surface area contributed by atoms with Gasteiger partial charge in [0.2, 0.25) is 5.91 Å². The van der Waals surface area contributed by atoms with Crippen molar-refractivity contribution in [1.29, 1.82) is 0 Å². The lowest BCUT2D eigenvalue weighted by Crippen LogP contribution is -2.33. The molecule has 0 atom stereocenters. The Bertz CT molecular complexity index is 1150. The summed E-state index contributed by atoms with van der Waals surface area (Å²) in [5.41, 5.74) is 7.10. The number of nitrogens with zero attached hydrogens (tertiary/aromatic N) is 2. The lowest BCUT2D eigenvalue weighted by atomic mass is 10.0. The van der Waals surface area contributed by atoms with Crippen molar-refractivity contribution in [1.82, 2.24) is 20.6 Å². The average Bonchev–Trinajstić information content (AvgIpc) is 3.43. The molecule has 2 rings (SSSR count). The number of hydrogen-bond acceptors (Lipinski definition) is 7. The summed E-state index contributed by atoms with van der Waals surface area (Å²) < 4.78 is 7.34. The van der Waals surface area contributed by atoms with Gasteiger partial charge in [-0.25, -0.2) is 4.98 Å². The Morgan fingerprint density at radius 3 is 2.07 bits per heavy atom. The quantitative estimate of drug-likeness (QED) is 0.0304. The lowest BCUT2D eigenvalue weighted by Gasteiger charge is -2.13. The van der Waals surface area contributed by atoms with Gasteiger partial charge in [0, 0.05) is 38.0 Å². The van der Waals surface area contributed by atoms with Crippen LogP contribution in [0.4, 0.5) is 5.95 Å². The smallest absolute Gasteiger partial charge is 0.269 e. The number of H-pyrrole nitrogens is 1. The van der Waals surface area contributed by atoms with Gasteiger partial charge in [0.25, 0.3) is 5.91 Å². The van der Waals surface area contributed by atoms with Crippen LogP contribution in [0.2, 0.25) is 0 Å². The first-order valence-electron chi connectivity index (χ1n) is 16.5. The number of rotatable bonds is 25. The van der Waals surface area contributed by atoms with Crippen molar-refractivity contribution >= 4 is 55.3 Å². The van der Waals surface area contributed by atoms with E-state index in [1.54, 1.807) is 6.20 Å². The maximum atomic E-state index is 12.5. The Balaban J connectivity index is 1.55. The molecule has 0 saturated carbocycles. The number of anilines is 1. The number of amides is 2. The van der Waals surface area contributed by atoms with Crippen LogP contribution >= 0.6 is 31.9 Å². The molecule has 12 heteroatoms. The molecule has 0 fully saturated rings. The maximum Gasteiger partial charge on any atom is 0.269 e. The summed E-state index contributed by atoms with van der Waals surface area (Å²) in [5, 5.41) is 18.4. The summed E-state index contributed by atoms with van der Waals surface area (Å²) in [6.07, 6.45) is 20.3. The first-order chi connectivity index (χ1) is 21.8. The van der Waals surface area contributed by atoms with Crippen molar-refractivity contribution in [3.05, 3.63) is 38.5 Å². The molecule has 0 spiro atoms. The highest BCUT2D eigenvalue weighted by Gasteiger charge is 2.16. The van der Waals surface area contributed by atoms with Crippen molar-refractivity contribution < 1.29 is 19.5 Å². The Kier molecular flexibility index (Phi) is 20.3. The topological polar surface area (TPSA) is 155 Å². The van der Waals surface area contributed by atoms with Gasteiger partial charge in [-0.05, 0) is 62.4 Å². The summed E-state index contributed by atoms with van der Waals surface area (Å²) in [4.78, 5) is 31.5. The maximum absolute atomic E-state index is 12.5. The van der Waals surface area contributed by atoms with E-state index in [1.807, 2.05) is 12.1 Å². The van der Waals surface area contributed by atoms with Crippen LogP contribution in [-0.4, -0.2) is 52.4 Å². The van der Waals surface area contributed by atoms with Crippen LogP contribution in [0.25, 0.3) is 0 Å². The van der Waals surface area contributed by atoms with E-state index in [9.17, 15) is 14.8 Å². The normalized spacial score (nSPS) is 11.5. The number of aromatic amines is 1. The highest BCUT2D eigenvalue weighted by molar-refractivity contribution is 9.11. The van der Waals surface area contributed by atoms with Gasteiger partial charge in [-0.3, -0.25) is 9.59 Å². The van der Waals surface area contributed by atoms with E-state index in [0.29, 0.717) is 59.6 Å². The molecule has 0 aliphatic rings. The van der Waals surface area contributed by atoms with Crippen molar-refractivity contribution in [2.24, 2.45) is 5.16 Å². The summed E-state index contributed by atoms with van der Waals surface area (Å²) >= 11 is 7.07. The molecule has 6 N–H and O–H groups in total. The third-order valence-corrected chi connectivity index (χ3v) is 8.72. The number of aromatic nitrogens is 2. The van der Waals surface area contributed by atoms with Gasteiger partial charge in [-0.15, -0.1) is 0 Å². The number of benzene rings is 1. The second kappa shape index (κ2) is 23.7. The van der Waals surface area contributed by atoms with Crippen molar-refractivity contribution in [3.63, 3.8) is 0 Å². The zero-order valence-electron chi connectivity index (χ0n) is 26.8. The van der Waals surface area contributed by atoms with Gasteiger partial charge in [-0.1, -0.05) is 89.1 Å². The molecular formula is C33H52Br2N6O4. The van der Waals surface area contributed by atoms with Crippen molar-refractivity contribution in [2.75, 3.05) is 25.4 Å². The number of imidazole rings is 1. The van der Waals surface area contributed by atoms with E-state index in [1.165, 1.54) is 70.6 Å². The SMILES string of the molecule is CCCCCCCCCCCCCCCC(=O)NCCCOc1c(Br)cc(CC(=NO)C(=O)NCCc2cnc(N)[nH]2)cc1Br. The summed E-state index contributed by atoms with van der Waals surface area (Å²) in [6.45, 7) is 3.59. The van der Waals surface area contributed by atoms with E-state index in [2.05, 4.69) is 64.5 Å². The molecule has 0 bridgehead atoms. The highest BCUT2D eigenvalue weighted by atomic mass is 79.9. The number of nitrogen functional groups attached to an aromatic ring is 1. The van der Waals surface area contributed by atoms with Gasteiger partial charge >= 0.3 is 0 Å². The van der Waals surface area contributed by atoms with Crippen LogP contribution in [0, 0.1) is 0 Å². The number of carbonyl (C=O) groups excluding carboxylic acids is 2. The number of halogens is 2. The molecule has 0 saturated heterocycles. The molecule has 0 radical (unpaired) electrons. The van der Waals surface area contributed by atoms with Crippen molar-refractivity contribution in [3.8, 4) is 5.75 Å². The van der Waals surface area contributed by atoms with Crippen LogP contribution < -0.4 is 21.1 Å². The third-order valence-electron chi connectivity index (χ3n) is 7.54. The molecule has 2 aromatic rings. The van der Waals surface area contributed by atoms with E-state index in [0.717, 1.165) is 24.1 Å². The lowest BCUT2D eigenvalue weighted by molar-refractivity contribution is -0.121. The molecule has 252 valence electrons. The Labute approximate surface area is 285 Å². The summed E-state index contributed by atoms with van der Waals surface area (Å²) in [5.74, 6) is 0.581. The van der Waals surface area contributed by atoms with E-state index in [4.69, 9.17) is 10.5 Å². The number of carbonyl (C=O) groups is 2. The number of ether oxygens (including phenoxy) is 1. The fourth-order valence-corrected chi connectivity index (χ4v) is 6.50. The predicted molar refractivity (Wildman–Crippen MR) is 188 cm³/mol. The number of unbranched alkanes of at least 4 members (excludes halogenated alkanes) is 12.